The summed E-state index contributed by atoms with van der Waals surface area (Å²) in [6.45, 7) is 6.43. The highest BCUT2D eigenvalue weighted by Crippen LogP contribution is 2.17. The predicted octanol–water partition coefficient (Wildman–Crippen LogP) is 3.25. The molecule has 0 aromatic heterocycles. The van der Waals surface area contributed by atoms with Crippen LogP contribution in [0.25, 0.3) is 0 Å². The van der Waals surface area contributed by atoms with Crippen molar-refractivity contribution in [3.05, 3.63) is 60.2 Å². The summed E-state index contributed by atoms with van der Waals surface area (Å²) in [7, 11) is -3.50. The summed E-state index contributed by atoms with van der Waals surface area (Å²) in [5.41, 5.74) is 1.58. The molecule has 2 aromatic carbocycles. The molecule has 1 amide bonds. The first-order valence-corrected chi connectivity index (χ1v) is 11.9. The zero-order valence-corrected chi connectivity index (χ0v) is 19.1. The molecule has 0 heterocycles. The third-order valence-corrected chi connectivity index (χ3v) is 6.99. The second-order valence-corrected chi connectivity index (χ2v) is 8.81. The van der Waals surface area contributed by atoms with Crippen LogP contribution in [0.5, 0.6) is 0 Å². The highest BCUT2D eigenvalue weighted by molar-refractivity contribution is 7.89. The molecule has 0 saturated carbocycles. The van der Waals surface area contributed by atoms with E-state index in [1.165, 1.54) is 4.31 Å². The van der Waals surface area contributed by atoms with Gasteiger partial charge in [0.2, 0.25) is 10.0 Å². The molecular formula is C23H30N2O5S. The Morgan fingerprint density at radius 3 is 2.03 bits per heavy atom. The van der Waals surface area contributed by atoms with Gasteiger partial charge in [0, 0.05) is 31.7 Å². The average Bonchev–Trinajstić information content (AvgIpc) is 2.78. The van der Waals surface area contributed by atoms with Crippen molar-refractivity contribution in [2.24, 2.45) is 0 Å². The van der Waals surface area contributed by atoms with Crippen molar-refractivity contribution in [1.29, 1.82) is 0 Å². The molecule has 0 aliphatic rings. The van der Waals surface area contributed by atoms with Crippen molar-refractivity contribution in [2.45, 2.75) is 38.5 Å². The van der Waals surface area contributed by atoms with Gasteiger partial charge in [0.05, 0.1) is 4.90 Å². The summed E-state index contributed by atoms with van der Waals surface area (Å²) in [6, 6.07) is 15.7. The van der Waals surface area contributed by atoms with Crippen molar-refractivity contribution < 1.29 is 22.7 Å². The number of carbonyl (C=O) groups excluding carboxylic acids is 2. The fraction of sp³-hybridized carbons (Fsp3) is 0.391. The van der Waals surface area contributed by atoms with Crippen molar-refractivity contribution in [3.8, 4) is 0 Å². The number of amides is 1. The molecule has 0 radical (unpaired) electrons. The Balaban J connectivity index is 1.86. The van der Waals surface area contributed by atoms with Gasteiger partial charge < -0.3 is 9.64 Å². The monoisotopic (exact) mass is 446 g/mol. The Morgan fingerprint density at radius 2 is 1.48 bits per heavy atom. The summed E-state index contributed by atoms with van der Waals surface area (Å²) in [5, 5.41) is 0. The molecule has 0 bridgehead atoms. The van der Waals surface area contributed by atoms with Crippen LogP contribution in [-0.4, -0.2) is 50.8 Å². The van der Waals surface area contributed by atoms with E-state index in [1.807, 2.05) is 37.3 Å². The van der Waals surface area contributed by atoms with Crippen molar-refractivity contribution in [2.75, 3.05) is 31.1 Å². The lowest BCUT2D eigenvalue weighted by molar-refractivity contribution is -0.147. The summed E-state index contributed by atoms with van der Waals surface area (Å²) in [6.07, 6.45) is 0.502. The first-order valence-electron chi connectivity index (χ1n) is 10.4. The molecule has 168 valence electrons. The van der Waals surface area contributed by atoms with E-state index < -0.39 is 16.0 Å². The zero-order valence-electron chi connectivity index (χ0n) is 18.3. The van der Waals surface area contributed by atoms with Crippen LogP contribution in [0.4, 0.5) is 5.69 Å². The van der Waals surface area contributed by atoms with E-state index in [-0.39, 0.29) is 23.8 Å². The summed E-state index contributed by atoms with van der Waals surface area (Å²) >= 11 is 0. The first-order chi connectivity index (χ1) is 14.8. The van der Waals surface area contributed by atoms with Crippen LogP contribution < -0.4 is 4.90 Å². The maximum absolute atomic E-state index is 12.5. The molecule has 0 atom stereocenters. The molecule has 0 N–H and O–H groups in total. The van der Waals surface area contributed by atoms with Crippen LogP contribution in [0.1, 0.15) is 32.8 Å². The van der Waals surface area contributed by atoms with E-state index in [4.69, 9.17) is 4.74 Å². The molecule has 0 unspecified atom stereocenters. The number of hydrogen-bond donors (Lipinski definition) is 0. The normalized spacial score (nSPS) is 11.4. The highest BCUT2D eigenvalue weighted by Gasteiger charge is 2.21. The molecule has 8 heteroatoms. The summed E-state index contributed by atoms with van der Waals surface area (Å²) < 4.78 is 31.6. The van der Waals surface area contributed by atoms with Gasteiger partial charge in [-0.2, -0.15) is 4.31 Å². The lowest BCUT2D eigenvalue weighted by Crippen LogP contribution is -2.34. The van der Waals surface area contributed by atoms with Gasteiger partial charge in [-0.3, -0.25) is 9.59 Å². The third-order valence-electron chi connectivity index (χ3n) is 4.93. The standard InChI is InChI=1S/C23H30N2O5S/c1-4-24(5-2)31(28,29)21-15-12-19(13-16-21)14-17-23(27)30-18-22(26)25(6-3)20-10-8-7-9-11-20/h7-13,15-16H,4-6,14,17-18H2,1-3H3. The minimum atomic E-state index is -3.50. The van der Waals surface area contributed by atoms with Gasteiger partial charge >= 0.3 is 5.97 Å². The van der Waals surface area contributed by atoms with Gasteiger partial charge in [-0.15, -0.1) is 0 Å². The molecule has 2 rings (SSSR count). The fourth-order valence-electron chi connectivity index (χ4n) is 3.19. The molecule has 0 fully saturated rings. The van der Waals surface area contributed by atoms with E-state index >= 15 is 0 Å². The van der Waals surface area contributed by atoms with E-state index in [1.54, 1.807) is 43.0 Å². The smallest absolute Gasteiger partial charge is 0.306 e. The minimum Gasteiger partial charge on any atom is -0.456 e. The van der Waals surface area contributed by atoms with Crippen molar-refractivity contribution >= 4 is 27.6 Å². The number of para-hydroxylation sites is 1. The van der Waals surface area contributed by atoms with Gasteiger partial charge in [0.1, 0.15) is 0 Å². The number of aryl methyl sites for hydroxylation is 1. The Kier molecular flexibility index (Phi) is 9.21. The second kappa shape index (κ2) is 11.6. The van der Waals surface area contributed by atoms with Gasteiger partial charge in [-0.1, -0.05) is 44.2 Å². The first kappa shape index (κ1) is 24.6. The number of benzene rings is 2. The second-order valence-electron chi connectivity index (χ2n) is 6.87. The van der Waals surface area contributed by atoms with Gasteiger partial charge in [-0.05, 0) is 43.2 Å². The number of hydrogen-bond acceptors (Lipinski definition) is 5. The Bertz CT molecular complexity index is 955. The van der Waals surface area contributed by atoms with E-state index in [2.05, 4.69) is 0 Å². The maximum Gasteiger partial charge on any atom is 0.306 e. The molecule has 0 spiro atoms. The van der Waals surface area contributed by atoms with Gasteiger partial charge in [-0.25, -0.2) is 8.42 Å². The predicted molar refractivity (Wildman–Crippen MR) is 120 cm³/mol. The number of ether oxygens (including phenoxy) is 1. The van der Waals surface area contributed by atoms with Gasteiger partial charge in [0.25, 0.3) is 5.91 Å². The largest absolute Gasteiger partial charge is 0.456 e. The molecule has 0 saturated heterocycles. The van der Waals surface area contributed by atoms with Crippen molar-refractivity contribution in [3.63, 3.8) is 0 Å². The van der Waals surface area contributed by atoms with Gasteiger partial charge in [0.15, 0.2) is 6.61 Å². The lowest BCUT2D eigenvalue weighted by atomic mass is 10.1. The number of carbonyl (C=O) groups is 2. The van der Waals surface area contributed by atoms with E-state index in [9.17, 15) is 18.0 Å². The minimum absolute atomic E-state index is 0.104. The number of nitrogens with zero attached hydrogens (tertiary/aromatic N) is 2. The third kappa shape index (κ3) is 6.63. The number of rotatable bonds is 11. The molecule has 0 aliphatic carbocycles. The number of sulfonamides is 1. The van der Waals surface area contributed by atoms with Crippen molar-refractivity contribution in [1.82, 2.24) is 4.31 Å². The Morgan fingerprint density at radius 1 is 0.871 bits per heavy atom. The van der Waals surface area contributed by atoms with Crippen LogP contribution in [0.3, 0.4) is 0 Å². The van der Waals surface area contributed by atoms with Crippen LogP contribution in [0.2, 0.25) is 0 Å². The quantitative estimate of drug-likeness (QED) is 0.495. The summed E-state index contributed by atoms with van der Waals surface area (Å²) in [5.74, 6) is -0.759. The maximum atomic E-state index is 12.5. The van der Waals surface area contributed by atoms with Crippen LogP contribution in [0.15, 0.2) is 59.5 Å². The number of esters is 1. The fourth-order valence-corrected chi connectivity index (χ4v) is 4.65. The number of anilines is 1. The topological polar surface area (TPSA) is 84.0 Å². The van der Waals surface area contributed by atoms with E-state index in [0.717, 1.165) is 11.3 Å². The van der Waals surface area contributed by atoms with Crippen LogP contribution >= 0.6 is 0 Å². The number of likely N-dealkylation sites (N-methyl/N-ethyl adjacent to an activating group) is 1. The van der Waals surface area contributed by atoms with E-state index in [0.29, 0.717) is 26.1 Å². The average molecular weight is 447 g/mol. The molecular weight excluding hydrogens is 416 g/mol. The lowest BCUT2D eigenvalue weighted by Gasteiger charge is -2.20. The summed E-state index contributed by atoms with van der Waals surface area (Å²) in [4.78, 5) is 26.2. The zero-order chi connectivity index (χ0) is 22.9. The Labute approximate surface area is 184 Å². The highest BCUT2D eigenvalue weighted by atomic mass is 32.2. The van der Waals surface area contributed by atoms with Crippen LogP contribution in [0, 0.1) is 0 Å². The molecule has 2 aromatic rings. The molecule has 31 heavy (non-hydrogen) atoms. The SMILES string of the molecule is CCN(C(=O)COC(=O)CCc1ccc(S(=O)(=O)N(CC)CC)cc1)c1ccccc1. The molecule has 0 aliphatic heterocycles. The Hall–Kier alpha value is -2.71. The molecule has 7 nitrogen and oxygen atoms in total. The van der Waals surface area contributed by atoms with Crippen LogP contribution in [-0.2, 0) is 30.8 Å².